The predicted octanol–water partition coefficient (Wildman–Crippen LogP) is 1.87. The largest absolute Gasteiger partial charge is 0.484 e. The summed E-state index contributed by atoms with van der Waals surface area (Å²) in [5, 5.41) is 12.6. The van der Waals surface area contributed by atoms with E-state index < -0.39 is 17.9 Å². The molecule has 1 amide bonds. The highest BCUT2D eigenvalue weighted by atomic mass is 19.3. The minimum atomic E-state index is -2.72. The van der Waals surface area contributed by atoms with Crippen LogP contribution < -0.4 is 20.7 Å². The van der Waals surface area contributed by atoms with Crippen LogP contribution in [0.15, 0.2) is 30.7 Å². The van der Waals surface area contributed by atoms with Gasteiger partial charge in [0.05, 0.1) is 42.3 Å². The van der Waals surface area contributed by atoms with Gasteiger partial charge in [0.2, 0.25) is 0 Å². The smallest absolute Gasteiger partial charge is 0.266 e. The highest BCUT2D eigenvalue weighted by Crippen LogP contribution is 2.42. The molecule has 3 heterocycles. The van der Waals surface area contributed by atoms with Crippen LogP contribution in [-0.4, -0.2) is 59.5 Å². The standard InChI is InChI=1S/C22H25F2N5O4/c1-22(12-30)8-13-6-16(17(7-18(13)33-22)29-2-4-32-5-3-29)28-21(31)15(9-25)20-26-10-14(11-27-20)19(23)24/h6-7,9-11,19,30H,2-5,8,12,25H2,1H3,(H,28,31)/b15-9+. The molecule has 0 aliphatic carbocycles. The Kier molecular flexibility index (Phi) is 6.43. The Morgan fingerprint density at radius 3 is 2.64 bits per heavy atom. The van der Waals surface area contributed by atoms with Gasteiger partial charge >= 0.3 is 0 Å². The number of rotatable bonds is 6. The molecular weight excluding hydrogens is 436 g/mol. The van der Waals surface area contributed by atoms with Crippen LogP contribution in [0, 0.1) is 0 Å². The highest BCUT2D eigenvalue weighted by molar-refractivity contribution is 6.24. The van der Waals surface area contributed by atoms with Gasteiger partial charge in [0.15, 0.2) is 5.82 Å². The third-order valence-corrected chi connectivity index (χ3v) is 5.61. The van der Waals surface area contributed by atoms with E-state index in [0.29, 0.717) is 44.2 Å². The van der Waals surface area contributed by atoms with Gasteiger partial charge in [-0.3, -0.25) is 4.79 Å². The molecule has 0 radical (unpaired) electrons. The van der Waals surface area contributed by atoms with Crippen molar-refractivity contribution in [1.82, 2.24) is 9.97 Å². The summed E-state index contributed by atoms with van der Waals surface area (Å²) in [4.78, 5) is 22.9. The maximum absolute atomic E-state index is 13.1. The second kappa shape index (κ2) is 9.28. The first-order chi connectivity index (χ1) is 15.8. The molecule has 4 N–H and O–H groups in total. The first kappa shape index (κ1) is 22.9. The van der Waals surface area contributed by atoms with Crippen molar-refractivity contribution < 1.29 is 28.2 Å². The van der Waals surface area contributed by atoms with Crippen LogP contribution in [0.1, 0.15) is 30.3 Å². The summed E-state index contributed by atoms with van der Waals surface area (Å²) in [6.45, 7) is 3.99. The number of aromatic nitrogens is 2. The molecule has 1 aromatic heterocycles. The molecule has 2 aromatic rings. The van der Waals surface area contributed by atoms with Crippen molar-refractivity contribution in [2.24, 2.45) is 5.73 Å². The number of aliphatic hydroxyl groups excluding tert-OH is 1. The van der Waals surface area contributed by atoms with E-state index in [0.717, 1.165) is 29.8 Å². The van der Waals surface area contributed by atoms with E-state index in [1.807, 2.05) is 19.1 Å². The molecule has 1 saturated heterocycles. The van der Waals surface area contributed by atoms with Crippen molar-refractivity contribution in [3.8, 4) is 5.75 Å². The van der Waals surface area contributed by atoms with Crippen LogP contribution in [0.25, 0.3) is 5.57 Å². The number of fused-ring (bicyclic) bond motifs is 1. The maximum atomic E-state index is 13.1. The van der Waals surface area contributed by atoms with Gasteiger partial charge in [0.1, 0.15) is 11.4 Å². The Labute approximate surface area is 189 Å². The van der Waals surface area contributed by atoms with Gasteiger partial charge in [0, 0.05) is 49.7 Å². The number of alkyl halides is 2. The van der Waals surface area contributed by atoms with Gasteiger partial charge in [-0.05, 0) is 13.0 Å². The second-order valence-corrected chi connectivity index (χ2v) is 8.14. The molecule has 2 aliphatic heterocycles. The zero-order valence-corrected chi connectivity index (χ0v) is 18.1. The Hall–Kier alpha value is -3.31. The number of aliphatic hydroxyl groups is 1. The zero-order chi connectivity index (χ0) is 23.6. The van der Waals surface area contributed by atoms with Crippen molar-refractivity contribution in [3.05, 3.63) is 47.7 Å². The third-order valence-electron chi connectivity index (χ3n) is 5.61. The lowest BCUT2D eigenvalue weighted by Crippen LogP contribution is -2.37. The molecule has 1 unspecified atom stereocenters. The summed E-state index contributed by atoms with van der Waals surface area (Å²) < 4.78 is 37.0. The number of hydrogen-bond acceptors (Lipinski definition) is 8. The minimum absolute atomic E-state index is 0.0549. The molecule has 1 aromatic carbocycles. The van der Waals surface area contributed by atoms with E-state index in [1.165, 1.54) is 0 Å². The third kappa shape index (κ3) is 4.74. The summed E-state index contributed by atoms with van der Waals surface area (Å²) in [5.41, 5.74) is 6.61. The first-order valence-corrected chi connectivity index (χ1v) is 10.5. The molecule has 0 saturated carbocycles. The van der Waals surface area contributed by atoms with Crippen molar-refractivity contribution in [2.75, 3.05) is 43.1 Å². The summed E-state index contributed by atoms with van der Waals surface area (Å²) in [5.74, 6) is -0.00295. The number of morpholine rings is 1. The van der Waals surface area contributed by atoms with Crippen molar-refractivity contribution in [3.63, 3.8) is 0 Å². The number of amides is 1. The number of carbonyl (C=O) groups excluding carboxylic acids is 1. The number of carbonyl (C=O) groups is 1. The lowest BCUT2D eigenvalue weighted by molar-refractivity contribution is -0.111. The minimum Gasteiger partial charge on any atom is -0.484 e. The average Bonchev–Trinajstić information content (AvgIpc) is 3.15. The SMILES string of the molecule is CC1(CO)Cc2cc(NC(=O)/C(=C/N)c3ncc(C(F)F)cn3)c(N3CCOCC3)cc2O1. The van der Waals surface area contributed by atoms with Gasteiger partial charge < -0.3 is 30.5 Å². The molecule has 9 nitrogen and oxygen atoms in total. The summed E-state index contributed by atoms with van der Waals surface area (Å²) in [7, 11) is 0. The number of nitrogens with two attached hydrogens (primary N) is 1. The number of ether oxygens (including phenoxy) is 2. The number of hydrogen-bond donors (Lipinski definition) is 3. The number of halogens is 2. The Morgan fingerprint density at radius 1 is 1.33 bits per heavy atom. The van der Waals surface area contributed by atoms with Crippen LogP contribution in [0.3, 0.4) is 0 Å². The lowest BCUT2D eigenvalue weighted by Gasteiger charge is -2.31. The van der Waals surface area contributed by atoms with Gasteiger partial charge in [-0.1, -0.05) is 0 Å². The van der Waals surface area contributed by atoms with Crippen molar-refractivity contribution in [1.29, 1.82) is 0 Å². The predicted molar refractivity (Wildman–Crippen MR) is 117 cm³/mol. The summed E-state index contributed by atoms with van der Waals surface area (Å²) in [6, 6.07) is 3.66. The van der Waals surface area contributed by atoms with E-state index in [9.17, 15) is 18.7 Å². The van der Waals surface area contributed by atoms with E-state index in [4.69, 9.17) is 15.2 Å². The molecule has 176 valence electrons. The Morgan fingerprint density at radius 2 is 2.03 bits per heavy atom. The van der Waals surface area contributed by atoms with E-state index >= 15 is 0 Å². The molecule has 0 spiro atoms. The van der Waals surface area contributed by atoms with E-state index in [2.05, 4.69) is 20.2 Å². The first-order valence-electron chi connectivity index (χ1n) is 10.5. The van der Waals surface area contributed by atoms with Gasteiger partial charge in [-0.15, -0.1) is 0 Å². The number of anilines is 2. The van der Waals surface area contributed by atoms with Crippen molar-refractivity contribution in [2.45, 2.75) is 25.4 Å². The van der Waals surface area contributed by atoms with Gasteiger partial charge in [-0.2, -0.15) is 0 Å². The average molecular weight is 461 g/mol. The van der Waals surface area contributed by atoms with E-state index in [-0.39, 0.29) is 23.6 Å². The van der Waals surface area contributed by atoms with Gasteiger partial charge in [-0.25, -0.2) is 18.7 Å². The zero-order valence-electron chi connectivity index (χ0n) is 18.1. The fourth-order valence-corrected chi connectivity index (χ4v) is 3.84. The number of nitrogens with zero attached hydrogens (tertiary/aromatic N) is 3. The van der Waals surface area contributed by atoms with Crippen molar-refractivity contribution >= 4 is 22.9 Å². The van der Waals surface area contributed by atoms with Crippen LogP contribution in [-0.2, 0) is 16.0 Å². The molecule has 2 aliphatic rings. The molecule has 1 atom stereocenters. The van der Waals surface area contributed by atoms with Crippen LogP contribution >= 0.6 is 0 Å². The van der Waals surface area contributed by atoms with Crippen LogP contribution in [0.2, 0.25) is 0 Å². The molecule has 4 rings (SSSR count). The fourth-order valence-electron chi connectivity index (χ4n) is 3.84. The molecule has 0 bridgehead atoms. The topological polar surface area (TPSA) is 123 Å². The van der Waals surface area contributed by atoms with Gasteiger partial charge in [0.25, 0.3) is 12.3 Å². The second-order valence-electron chi connectivity index (χ2n) is 8.14. The molecular formula is C22H25F2N5O4. The normalized spacial score (nSPS) is 20.5. The number of nitrogens with one attached hydrogen (secondary N) is 1. The van der Waals surface area contributed by atoms with E-state index in [1.54, 1.807) is 0 Å². The highest BCUT2D eigenvalue weighted by Gasteiger charge is 2.36. The maximum Gasteiger partial charge on any atom is 0.266 e. The molecule has 1 fully saturated rings. The molecule has 11 heteroatoms. The molecule has 33 heavy (non-hydrogen) atoms. The monoisotopic (exact) mass is 461 g/mol. The fraction of sp³-hybridized carbons (Fsp3) is 0.409. The Bertz CT molecular complexity index is 1060. The van der Waals surface area contributed by atoms with Crippen LogP contribution in [0.5, 0.6) is 5.75 Å². The Balaban J connectivity index is 1.64. The number of benzene rings is 1. The lowest BCUT2D eigenvalue weighted by atomic mass is 9.99. The summed E-state index contributed by atoms with van der Waals surface area (Å²) >= 11 is 0. The quantitative estimate of drug-likeness (QED) is 0.558. The summed E-state index contributed by atoms with van der Waals surface area (Å²) in [6.07, 6.45) is 0.729. The van der Waals surface area contributed by atoms with Crippen LogP contribution in [0.4, 0.5) is 20.2 Å².